The molecule has 0 fully saturated rings. The Morgan fingerprint density at radius 3 is 2.41 bits per heavy atom. The fourth-order valence-corrected chi connectivity index (χ4v) is 1.48. The fourth-order valence-electron chi connectivity index (χ4n) is 1.48. The highest BCUT2D eigenvalue weighted by Gasteiger charge is 2.14. The molecule has 1 aromatic heterocycles. The van der Waals surface area contributed by atoms with Crippen LogP contribution in [0.25, 0.3) is 0 Å². The Morgan fingerprint density at radius 1 is 1.24 bits per heavy atom. The molecule has 0 aliphatic carbocycles. The summed E-state index contributed by atoms with van der Waals surface area (Å²) in [5.74, 6) is 0.858. The summed E-state index contributed by atoms with van der Waals surface area (Å²) < 4.78 is 5.63. The second-order valence-corrected chi connectivity index (χ2v) is 5.63. The quantitative estimate of drug-likeness (QED) is 0.735. The van der Waals surface area contributed by atoms with Gasteiger partial charge >= 0.3 is 0 Å². The van der Waals surface area contributed by atoms with Crippen molar-refractivity contribution < 1.29 is 4.74 Å². The molecule has 0 aromatic carbocycles. The maximum atomic E-state index is 5.63. The van der Waals surface area contributed by atoms with Gasteiger partial charge in [-0.25, -0.2) is 0 Å². The molecular weight excluding hydrogens is 212 g/mol. The monoisotopic (exact) mass is 236 g/mol. The molecule has 0 aliphatic heterocycles. The molecule has 3 heteroatoms. The first kappa shape index (κ1) is 14.0. The van der Waals surface area contributed by atoms with Crippen molar-refractivity contribution in [2.24, 2.45) is 0 Å². The molecular formula is C14H24N2O. The molecule has 3 nitrogen and oxygen atoms in total. The number of aromatic nitrogens is 1. The second kappa shape index (κ2) is 6.01. The van der Waals surface area contributed by atoms with Crippen LogP contribution in [0.4, 0.5) is 0 Å². The summed E-state index contributed by atoms with van der Waals surface area (Å²) in [5.41, 5.74) is 1.20. The van der Waals surface area contributed by atoms with Crippen molar-refractivity contribution in [1.82, 2.24) is 9.88 Å². The van der Waals surface area contributed by atoms with Gasteiger partial charge in [0.25, 0.3) is 0 Å². The van der Waals surface area contributed by atoms with Gasteiger partial charge in [0.1, 0.15) is 5.75 Å². The Morgan fingerprint density at radius 2 is 1.94 bits per heavy atom. The van der Waals surface area contributed by atoms with Gasteiger partial charge in [-0.3, -0.25) is 4.98 Å². The van der Waals surface area contributed by atoms with Crippen LogP contribution in [0, 0.1) is 0 Å². The van der Waals surface area contributed by atoms with Crippen LogP contribution in [-0.2, 0) is 5.41 Å². The minimum atomic E-state index is 0.101. The van der Waals surface area contributed by atoms with Crippen LogP contribution in [0.15, 0.2) is 18.3 Å². The molecule has 96 valence electrons. The van der Waals surface area contributed by atoms with Crippen molar-refractivity contribution in [2.45, 2.75) is 32.6 Å². The Labute approximate surface area is 105 Å². The number of rotatable bonds is 5. The van der Waals surface area contributed by atoms with E-state index in [4.69, 9.17) is 4.74 Å². The summed E-state index contributed by atoms with van der Waals surface area (Å²) in [4.78, 5) is 6.59. The van der Waals surface area contributed by atoms with E-state index in [2.05, 4.69) is 44.8 Å². The zero-order valence-corrected chi connectivity index (χ0v) is 11.7. The summed E-state index contributed by atoms with van der Waals surface area (Å²) >= 11 is 0. The first-order valence-corrected chi connectivity index (χ1v) is 6.13. The molecule has 0 amide bonds. The molecule has 1 rings (SSSR count). The van der Waals surface area contributed by atoms with E-state index in [1.165, 1.54) is 0 Å². The molecule has 0 N–H and O–H groups in total. The third-order valence-corrected chi connectivity index (χ3v) is 2.52. The summed E-state index contributed by atoms with van der Waals surface area (Å²) in [6.45, 7) is 8.27. The van der Waals surface area contributed by atoms with Gasteiger partial charge in [0.2, 0.25) is 0 Å². The van der Waals surface area contributed by atoms with E-state index in [0.717, 1.165) is 31.0 Å². The lowest BCUT2D eigenvalue weighted by molar-refractivity contribution is 0.280. The van der Waals surface area contributed by atoms with E-state index >= 15 is 0 Å². The number of pyridine rings is 1. The number of hydrogen-bond acceptors (Lipinski definition) is 3. The predicted octanol–water partition coefficient (Wildman–Crippen LogP) is 2.71. The molecule has 0 bridgehead atoms. The van der Waals surface area contributed by atoms with E-state index in [0.29, 0.717) is 0 Å². The van der Waals surface area contributed by atoms with Gasteiger partial charge in [-0.2, -0.15) is 0 Å². The minimum absolute atomic E-state index is 0.101. The molecule has 0 atom stereocenters. The van der Waals surface area contributed by atoms with Gasteiger partial charge in [0, 0.05) is 17.7 Å². The Hall–Kier alpha value is -1.09. The van der Waals surface area contributed by atoms with Crippen molar-refractivity contribution in [3.63, 3.8) is 0 Å². The molecule has 1 aromatic rings. The Kier molecular flexibility index (Phi) is 4.94. The van der Waals surface area contributed by atoms with Crippen LogP contribution in [-0.4, -0.2) is 37.1 Å². The third kappa shape index (κ3) is 5.18. The lowest BCUT2D eigenvalue weighted by atomic mass is 9.92. The molecule has 17 heavy (non-hydrogen) atoms. The summed E-state index contributed by atoms with van der Waals surface area (Å²) in [5, 5.41) is 0. The van der Waals surface area contributed by atoms with Gasteiger partial charge in [-0.1, -0.05) is 20.8 Å². The number of nitrogens with zero attached hydrogens (tertiary/aromatic N) is 2. The summed E-state index contributed by atoms with van der Waals surface area (Å²) in [7, 11) is 4.14. The normalized spacial score (nSPS) is 11.9. The maximum Gasteiger partial charge on any atom is 0.137 e. The van der Waals surface area contributed by atoms with Crippen LogP contribution in [0.1, 0.15) is 32.9 Å². The zero-order valence-electron chi connectivity index (χ0n) is 11.7. The zero-order chi connectivity index (χ0) is 12.9. The molecule has 0 spiro atoms. The second-order valence-electron chi connectivity index (χ2n) is 5.63. The maximum absolute atomic E-state index is 5.63. The first-order valence-electron chi connectivity index (χ1n) is 6.13. The smallest absolute Gasteiger partial charge is 0.137 e. The highest BCUT2D eigenvalue weighted by atomic mass is 16.5. The molecule has 0 saturated heterocycles. The highest BCUT2D eigenvalue weighted by molar-refractivity contribution is 5.23. The lowest BCUT2D eigenvalue weighted by Gasteiger charge is -2.17. The van der Waals surface area contributed by atoms with E-state index in [1.54, 1.807) is 0 Å². The minimum Gasteiger partial charge on any atom is -0.492 e. The standard InChI is InChI=1S/C14H24N2O/c1-14(2,3)13-8-7-12(11-15-13)17-10-6-9-16(4)5/h7-8,11H,6,9-10H2,1-5H3. The molecule has 0 aliphatic rings. The Bertz CT molecular complexity index is 325. The van der Waals surface area contributed by atoms with E-state index in [-0.39, 0.29) is 5.41 Å². The number of hydrogen-bond donors (Lipinski definition) is 0. The molecule has 1 heterocycles. The van der Waals surface area contributed by atoms with Gasteiger partial charge in [0.15, 0.2) is 0 Å². The van der Waals surface area contributed by atoms with Crippen molar-refractivity contribution in [1.29, 1.82) is 0 Å². The van der Waals surface area contributed by atoms with E-state index in [1.807, 2.05) is 18.3 Å². The van der Waals surface area contributed by atoms with Crippen molar-refractivity contribution in [3.05, 3.63) is 24.0 Å². The van der Waals surface area contributed by atoms with E-state index < -0.39 is 0 Å². The predicted molar refractivity (Wildman–Crippen MR) is 71.6 cm³/mol. The van der Waals surface area contributed by atoms with Crippen LogP contribution in [0.2, 0.25) is 0 Å². The highest BCUT2D eigenvalue weighted by Crippen LogP contribution is 2.21. The largest absolute Gasteiger partial charge is 0.492 e. The van der Waals surface area contributed by atoms with Gasteiger partial charge in [-0.05, 0) is 32.6 Å². The van der Waals surface area contributed by atoms with Crippen LogP contribution >= 0.6 is 0 Å². The molecule has 0 radical (unpaired) electrons. The summed E-state index contributed by atoms with van der Waals surface area (Å²) in [6, 6.07) is 4.05. The van der Waals surface area contributed by atoms with Crippen LogP contribution in [0.5, 0.6) is 5.75 Å². The first-order chi connectivity index (χ1) is 7.89. The van der Waals surface area contributed by atoms with Crippen LogP contribution in [0.3, 0.4) is 0 Å². The van der Waals surface area contributed by atoms with Crippen LogP contribution < -0.4 is 4.74 Å². The SMILES string of the molecule is CN(C)CCCOc1ccc(C(C)(C)C)nc1. The lowest BCUT2D eigenvalue weighted by Crippen LogP contribution is -2.16. The van der Waals surface area contributed by atoms with Gasteiger partial charge in [-0.15, -0.1) is 0 Å². The molecule has 0 saturated carbocycles. The van der Waals surface area contributed by atoms with E-state index in [9.17, 15) is 0 Å². The Balaban J connectivity index is 2.41. The third-order valence-electron chi connectivity index (χ3n) is 2.52. The molecule has 0 unspecified atom stereocenters. The fraction of sp³-hybridized carbons (Fsp3) is 0.643. The van der Waals surface area contributed by atoms with Crippen molar-refractivity contribution >= 4 is 0 Å². The van der Waals surface area contributed by atoms with Gasteiger partial charge < -0.3 is 9.64 Å². The van der Waals surface area contributed by atoms with Gasteiger partial charge in [0.05, 0.1) is 12.8 Å². The van der Waals surface area contributed by atoms with Crippen molar-refractivity contribution in [2.75, 3.05) is 27.2 Å². The van der Waals surface area contributed by atoms with Crippen molar-refractivity contribution in [3.8, 4) is 5.75 Å². The average Bonchev–Trinajstić information content (AvgIpc) is 2.23. The number of ether oxygens (including phenoxy) is 1. The summed E-state index contributed by atoms with van der Waals surface area (Å²) in [6.07, 6.45) is 2.85. The average molecular weight is 236 g/mol. The topological polar surface area (TPSA) is 25.4 Å².